The van der Waals surface area contributed by atoms with Gasteiger partial charge in [-0.3, -0.25) is 14.3 Å². The highest BCUT2D eigenvalue weighted by Gasteiger charge is 2.27. The van der Waals surface area contributed by atoms with Crippen LogP contribution in [0.25, 0.3) is 5.69 Å². The summed E-state index contributed by atoms with van der Waals surface area (Å²) in [6, 6.07) is 26.2. The van der Waals surface area contributed by atoms with E-state index in [0.29, 0.717) is 5.16 Å². The largest absolute Gasteiger partial charge is 0.325 e. The van der Waals surface area contributed by atoms with E-state index in [1.165, 1.54) is 24.6 Å². The molecule has 1 amide bonds. The summed E-state index contributed by atoms with van der Waals surface area (Å²) in [5.74, 6) is 0.816. The van der Waals surface area contributed by atoms with E-state index >= 15 is 0 Å². The summed E-state index contributed by atoms with van der Waals surface area (Å²) in [4.78, 5) is 16.1. The highest BCUT2D eigenvalue weighted by atomic mass is 32.2. The monoisotopic (exact) mass is 497 g/mol. The normalized spacial score (nSPS) is 14.6. The lowest BCUT2D eigenvalue weighted by atomic mass is 10.1. The van der Waals surface area contributed by atoms with Crippen molar-refractivity contribution in [2.45, 2.75) is 43.6 Å². The van der Waals surface area contributed by atoms with E-state index in [4.69, 9.17) is 0 Å². The van der Waals surface area contributed by atoms with E-state index in [0.717, 1.165) is 53.5 Å². The Morgan fingerprint density at radius 2 is 1.64 bits per heavy atom. The molecule has 4 aromatic rings. The van der Waals surface area contributed by atoms with Crippen molar-refractivity contribution in [3.05, 3.63) is 101 Å². The molecule has 0 aliphatic carbocycles. The molecule has 1 aliphatic rings. The van der Waals surface area contributed by atoms with Crippen LogP contribution in [0.4, 0.5) is 5.69 Å². The number of aryl methyl sites for hydroxylation is 2. The number of rotatable bonds is 8. The van der Waals surface area contributed by atoms with E-state index in [9.17, 15) is 4.79 Å². The third-order valence-corrected chi connectivity index (χ3v) is 7.69. The molecule has 1 fully saturated rings. The molecule has 1 saturated heterocycles. The number of anilines is 1. The molecule has 1 N–H and O–H groups in total. The minimum Gasteiger partial charge on any atom is -0.325 e. The maximum absolute atomic E-state index is 13.7. The van der Waals surface area contributed by atoms with Crippen molar-refractivity contribution in [1.82, 2.24) is 19.7 Å². The topological polar surface area (TPSA) is 63.1 Å². The van der Waals surface area contributed by atoms with Gasteiger partial charge in [-0.25, -0.2) is 0 Å². The van der Waals surface area contributed by atoms with Gasteiger partial charge >= 0.3 is 0 Å². The summed E-state index contributed by atoms with van der Waals surface area (Å²) in [7, 11) is 0. The number of amides is 1. The number of benzene rings is 3. The Morgan fingerprint density at radius 3 is 2.36 bits per heavy atom. The van der Waals surface area contributed by atoms with Gasteiger partial charge in [0, 0.05) is 11.4 Å². The highest BCUT2D eigenvalue weighted by Crippen LogP contribution is 2.37. The van der Waals surface area contributed by atoms with Crippen LogP contribution < -0.4 is 5.32 Å². The predicted molar refractivity (Wildman–Crippen MR) is 145 cm³/mol. The van der Waals surface area contributed by atoms with E-state index in [1.54, 1.807) is 0 Å². The number of carbonyl (C=O) groups is 1. The van der Waals surface area contributed by atoms with Crippen LogP contribution in [-0.2, 0) is 11.3 Å². The van der Waals surface area contributed by atoms with Crippen molar-refractivity contribution in [2.75, 3.05) is 18.4 Å². The zero-order valence-corrected chi connectivity index (χ0v) is 21.5. The van der Waals surface area contributed by atoms with Crippen LogP contribution in [0.3, 0.4) is 0 Å². The molecule has 0 spiro atoms. The average molecular weight is 498 g/mol. The quantitative estimate of drug-likeness (QED) is 0.305. The standard InChI is InChI=1S/C29H31N5OS/c1-21-15-16-22(2)25(19-21)30-28(35)27(23-11-5-3-6-12-23)36-29-32-31-26(20-33-17-9-10-18-33)34(29)24-13-7-4-8-14-24/h3-8,11-16,19,27H,9-10,17-18,20H2,1-2H3,(H,30,35)/t27-/m0/s1. The smallest absolute Gasteiger partial charge is 0.242 e. The summed E-state index contributed by atoms with van der Waals surface area (Å²) >= 11 is 1.44. The number of para-hydroxylation sites is 1. The molecule has 184 valence electrons. The molecule has 1 aliphatic heterocycles. The Labute approximate surface area is 216 Å². The number of hydrogen-bond acceptors (Lipinski definition) is 5. The molecular formula is C29H31N5OS. The van der Waals surface area contributed by atoms with Gasteiger partial charge in [0.15, 0.2) is 11.0 Å². The molecule has 36 heavy (non-hydrogen) atoms. The van der Waals surface area contributed by atoms with Gasteiger partial charge in [-0.15, -0.1) is 10.2 Å². The van der Waals surface area contributed by atoms with Crippen LogP contribution in [0.15, 0.2) is 84.0 Å². The van der Waals surface area contributed by atoms with E-state index in [1.807, 2.05) is 74.5 Å². The zero-order valence-electron chi connectivity index (χ0n) is 20.7. The summed E-state index contributed by atoms with van der Waals surface area (Å²) in [5.41, 5.74) is 4.90. The van der Waals surface area contributed by atoms with Gasteiger partial charge in [0.2, 0.25) is 5.91 Å². The van der Waals surface area contributed by atoms with Gasteiger partial charge in [-0.1, -0.05) is 72.4 Å². The highest BCUT2D eigenvalue weighted by molar-refractivity contribution is 8.00. The molecule has 1 aromatic heterocycles. The van der Waals surface area contributed by atoms with Crippen molar-refractivity contribution >= 4 is 23.4 Å². The summed E-state index contributed by atoms with van der Waals surface area (Å²) < 4.78 is 2.10. The van der Waals surface area contributed by atoms with Gasteiger partial charge in [-0.2, -0.15) is 0 Å². The molecule has 7 heteroatoms. The Morgan fingerprint density at radius 1 is 0.944 bits per heavy atom. The Balaban J connectivity index is 1.50. The predicted octanol–water partition coefficient (Wildman–Crippen LogP) is 5.95. The van der Waals surface area contributed by atoms with Crippen molar-refractivity contribution in [3.63, 3.8) is 0 Å². The Kier molecular flexibility index (Phi) is 7.49. The molecule has 0 unspecified atom stereocenters. The summed E-state index contributed by atoms with van der Waals surface area (Å²) in [5, 5.41) is 12.6. The van der Waals surface area contributed by atoms with Gasteiger partial charge < -0.3 is 5.32 Å². The number of nitrogens with one attached hydrogen (secondary N) is 1. The van der Waals surface area contributed by atoms with Gasteiger partial charge in [0.1, 0.15) is 5.25 Å². The van der Waals surface area contributed by atoms with E-state index in [-0.39, 0.29) is 5.91 Å². The molecule has 5 rings (SSSR count). The fourth-order valence-electron chi connectivity index (χ4n) is 4.53. The second kappa shape index (κ2) is 11.1. The first kappa shape index (κ1) is 24.3. The maximum Gasteiger partial charge on any atom is 0.242 e. The lowest BCUT2D eigenvalue weighted by molar-refractivity contribution is -0.115. The van der Waals surface area contributed by atoms with Crippen molar-refractivity contribution in [3.8, 4) is 5.69 Å². The number of thioether (sulfide) groups is 1. The fraction of sp³-hybridized carbons (Fsp3) is 0.276. The van der Waals surface area contributed by atoms with E-state index < -0.39 is 5.25 Å². The minimum absolute atomic E-state index is 0.0800. The molecule has 0 radical (unpaired) electrons. The average Bonchev–Trinajstić information content (AvgIpc) is 3.56. The SMILES string of the molecule is Cc1ccc(C)c(NC(=O)[C@@H](Sc2nnc(CN3CCCC3)n2-c2ccccc2)c2ccccc2)c1. The first-order valence-electron chi connectivity index (χ1n) is 12.4. The number of aromatic nitrogens is 3. The Bertz CT molecular complexity index is 1320. The minimum atomic E-state index is -0.489. The molecule has 0 bridgehead atoms. The lowest BCUT2D eigenvalue weighted by Gasteiger charge is -2.19. The maximum atomic E-state index is 13.7. The summed E-state index contributed by atoms with van der Waals surface area (Å²) in [6.45, 7) is 6.94. The van der Waals surface area contributed by atoms with Crippen molar-refractivity contribution in [2.24, 2.45) is 0 Å². The second-order valence-corrected chi connectivity index (χ2v) is 10.3. The number of nitrogens with zero attached hydrogens (tertiary/aromatic N) is 4. The first-order chi connectivity index (χ1) is 17.6. The molecular weight excluding hydrogens is 466 g/mol. The Hall–Kier alpha value is -3.42. The molecule has 1 atom stereocenters. The van der Waals surface area contributed by atoms with Crippen molar-refractivity contribution < 1.29 is 4.79 Å². The van der Waals surface area contributed by atoms with Gasteiger partial charge in [-0.05, 0) is 74.7 Å². The van der Waals surface area contributed by atoms with Crippen LogP contribution in [-0.4, -0.2) is 38.7 Å². The zero-order chi connectivity index (χ0) is 24.9. The van der Waals surface area contributed by atoms with Gasteiger partial charge in [0.25, 0.3) is 0 Å². The molecule has 2 heterocycles. The van der Waals surface area contributed by atoms with E-state index in [2.05, 4.69) is 43.2 Å². The summed E-state index contributed by atoms with van der Waals surface area (Å²) in [6.07, 6.45) is 2.44. The fourth-order valence-corrected chi connectivity index (χ4v) is 5.61. The third kappa shape index (κ3) is 5.53. The van der Waals surface area contributed by atoms with Crippen LogP contribution in [0, 0.1) is 13.8 Å². The van der Waals surface area contributed by atoms with Gasteiger partial charge in [0.05, 0.1) is 6.54 Å². The van der Waals surface area contributed by atoms with Crippen LogP contribution >= 0.6 is 11.8 Å². The lowest BCUT2D eigenvalue weighted by Crippen LogP contribution is -2.22. The molecule has 3 aromatic carbocycles. The third-order valence-electron chi connectivity index (χ3n) is 6.49. The first-order valence-corrected chi connectivity index (χ1v) is 13.3. The number of hydrogen-bond donors (Lipinski definition) is 1. The van der Waals surface area contributed by atoms with Crippen LogP contribution in [0.5, 0.6) is 0 Å². The molecule has 6 nitrogen and oxygen atoms in total. The van der Waals surface area contributed by atoms with Crippen LogP contribution in [0.1, 0.15) is 40.6 Å². The number of carbonyl (C=O) groups excluding carboxylic acids is 1. The number of likely N-dealkylation sites (tertiary alicyclic amines) is 1. The van der Waals surface area contributed by atoms with Crippen molar-refractivity contribution in [1.29, 1.82) is 0 Å². The molecule has 0 saturated carbocycles. The van der Waals surface area contributed by atoms with Crippen LogP contribution in [0.2, 0.25) is 0 Å². The second-order valence-electron chi connectivity index (χ2n) is 9.27.